The Morgan fingerprint density at radius 3 is 2.62 bits per heavy atom. The number of allylic oxidation sites excluding steroid dienone is 1. The second-order valence-corrected chi connectivity index (χ2v) is 4.59. The first kappa shape index (κ1) is 17.1. The van der Waals surface area contributed by atoms with E-state index in [4.69, 9.17) is 0 Å². The number of benzene rings is 2. The van der Waals surface area contributed by atoms with Crippen molar-refractivity contribution < 1.29 is 28.3 Å². The number of rotatable bonds is 6. The van der Waals surface area contributed by atoms with Crippen molar-refractivity contribution in [3.05, 3.63) is 69.8 Å². The van der Waals surface area contributed by atoms with E-state index in [2.05, 4.69) is 4.74 Å². The highest BCUT2D eigenvalue weighted by molar-refractivity contribution is 6.07. The molecular weight excluding hydrogens is 324 g/mol. The molecule has 0 amide bonds. The van der Waals surface area contributed by atoms with E-state index >= 15 is 0 Å². The van der Waals surface area contributed by atoms with Crippen molar-refractivity contribution in [2.24, 2.45) is 0 Å². The zero-order chi connectivity index (χ0) is 17.7. The van der Waals surface area contributed by atoms with E-state index in [1.165, 1.54) is 30.3 Å². The number of nitro benzene ring substituents is 1. The van der Waals surface area contributed by atoms with E-state index in [-0.39, 0.29) is 16.9 Å². The number of alkyl halides is 2. The smallest absolute Gasteiger partial charge is 0.387 e. The fourth-order valence-corrected chi connectivity index (χ4v) is 1.87. The summed E-state index contributed by atoms with van der Waals surface area (Å²) in [6, 6.07) is 8.63. The molecule has 0 atom stereocenters. The molecule has 0 unspecified atom stereocenters. The highest BCUT2D eigenvalue weighted by atomic mass is 19.3. The fraction of sp³-hybridized carbons (Fsp3) is 0.0625. The van der Waals surface area contributed by atoms with E-state index in [0.29, 0.717) is 0 Å². The quantitative estimate of drug-likeness (QED) is 0.350. The summed E-state index contributed by atoms with van der Waals surface area (Å²) in [4.78, 5) is 21.9. The van der Waals surface area contributed by atoms with Gasteiger partial charge in [0, 0.05) is 11.6 Å². The lowest BCUT2D eigenvalue weighted by atomic mass is 10.1. The van der Waals surface area contributed by atoms with Gasteiger partial charge in [0.25, 0.3) is 5.69 Å². The second kappa shape index (κ2) is 7.32. The standard InChI is InChI=1S/C16H11F2NO5/c17-16(18)24-12-3-1-2-11(9-12)14(20)6-4-10-5-7-15(21)13(8-10)19(22)23/h1-9,16,21H/p-1/b6-4+. The maximum absolute atomic E-state index is 12.2. The number of nitro groups is 1. The van der Waals surface area contributed by atoms with Crippen molar-refractivity contribution >= 4 is 17.5 Å². The minimum absolute atomic E-state index is 0.111. The topological polar surface area (TPSA) is 92.5 Å². The number of halogens is 2. The third-order valence-electron chi connectivity index (χ3n) is 2.95. The van der Waals surface area contributed by atoms with Gasteiger partial charge in [-0.2, -0.15) is 8.78 Å². The lowest BCUT2D eigenvalue weighted by Gasteiger charge is -2.06. The number of ether oxygens (including phenoxy) is 1. The molecule has 0 aromatic heterocycles. The Hall–Kier alpha value is -3.29. The predicted octanol–water partition coefficient (Wildman–Crippen LogP) is 3.17. The van der Waals surface area contributed by atoms with Crippen molar-refractivity contribution in [1.82, 2.24) is 0 Å². The summed E-state index contributed by atoms with van der Waals surface area (Å²) in [5.41, 5.74) is -0.203. The summed E-state index contributed by atoms with van der Waals surface area (Å²) in [6.07, 6.45) is 2.40. The van der Waals surface area contributed by atoms with Gasteiger partial charge < -0.3 is 9.84 Å². The Bertz CT molecular complexity index is 805. The first-order valence-corrected chi connectivity index (χ1v) is 6.59. The summed E-state index contributed by atoms with van der Waals surface area (Å²) < 4.78 is 28.5. The molecule has 2 aromatic rings. The molecule has 8 heteroatoms. The summed E-state index contributed by atoms with van der Waals surface area (Å²) >= 11 is 0. The van der Waals surface area contributed by atoms with Crippen LogP contribution in [0.15, 0.2) is 48.5 Å². The third-order valence-corrected chi connectivity index (χ3v) is 2.95. The van der Waals surface area contributed by atoms with Crippen LogP contribution in [0.2, 0.25) is 0 Å². The van der Waals surface area contributed by atoms with Crippen molar-refractivity contribution in [2.45, 2.75) is 6.61 Å². The monoisotopic (exact) mass is 334 g/mol. The van der Waals surface area contributed by atoms with Gasteiger partial charge in [0.05, 0.1) is 4.92 Å². The van der Waals surface area contributed by atoms with Crippen LogP contribution in [-0.2, 0) is 0 Å². The van der Waals surface area contributed by atoms with Crippen molar-refractivity contribution in [3.8, 4) is 11.5 Å². The van der Waals surface area contributed by atoms with Crippen LogP contribution >= 0.6 is 0 Å². The summed E-state index contributed by atoms with van der Waals surface area (Å²) in [5.74, 6) is -1.40. The van der Waals surface area contributed by atoms with E-state index in [9.17, 15) is 28.8 Å². The highest BCUT2D eigenvalue weighted by Gasteiger charge is 2.09. The summed E-state index contributed by atoms with van der Waals surface area (Å²) in [6.45, 7) is -3.00. The normalized spacial score (nSPS) is 11.0. The molecule has 0 aliphatic rings. The Morgan fingerprint density at radius 2 is 1.96 bits per heavy atom. The van der Waals surface area contributed by atoms with Crippen LogP contribution in [0, 0.1) is 10.1 Å². The Labute approximate surface area is 134 Å². The minimum atomic E-state index is -3.00. The fourth-order valence-electron chi connectivity index (χ4n) is 1.87. The van der Waals surface area contributed by atoms with Crippen molar-refractivity contribution in [3.63, 3.8) is 0 Å². The summed E-state index contributed by atoms with van der Waals surface area (Å²) in [7, 11) is 0. The average Bonchev–Trinajstić information content (AvgIpc) is 2.53. The molecule has 0 radical (unpaired) electrons. The molecule has 2 aromatic carbocycles. The molecule has 2 rings (SSSR count). The largest absolute Gasteiger partial charge is 0.868 e. The van der Waals surface area contributed by atoms with Gasteiger partial charge in [0.15, 0.2) is 5.78 Å². The molecule has 0 heterocycles. The third kappa shape index (κ3) is 4.35. The first-order chi connectivity index (χ1) is 11.4. The van der Waals surface area contributed by atoms with Crippen LogP contribution in [0.5, 0.6) is 11.5 Å². The lowest BCUT2D eigenvalue weighted by molar-refractivity contribution is -0.398. The van der Waals surface area contributed by atoms with Gasteiger partial charge in [0.1, 0.15) is 5.75 Å². The van der Waals surface area contributed by atoms with Crippen molar-refractivity contribution in [2.75, 3.05) is 0 Å². The average molecular weight is 334 g/mol. The van der Waals surface area contributed by atoms with E-state index in [0.717, 1.165) is 24.3 Å². The molecule has 0 aliphatic heterocycles. The number of ketones is 1. The molecule has 0 bridgehead atoms. The SMILES string of the molecule is O=C(/C=C/c1ccc([O-])c([N+](=O)[O-])c1)c1cccc(OC(F)F)c1. The maximum Gasteiger partial charge on any atom is 0.387 e. The molecule has 6 nitrogen and oxygen atoms in total. The number of hydrogen-bond donors (Lipinski definition) is 0. The van der Waals surface area contributed by atoms with Gasteiger partial charge in [-0.15, -0.1) is 0 Å². The Morgan fingerprint density at radius 1 is 1.21 bits per heavy atom. The zero-order valence-corrected chi connectivity index (χ0v) is 12.0. The van der Waals surface area contributed by atoms with Gasteiger partial charge in [-0.1, -0.05) is 30.3 Å². The molecule has 124 valence electrons. The van der Waals surface area contributed by atoms with E-state index in [1.54, 1.807) is 0 Å². The van der Waals surface area contributed by atoms with E-state index < -0.39 is 28.8 Å². The van der Waals surface area contributed by atoms with Gasteiger partial charge in [-0.3, -0.25) is 14.9 Å². The van der Waals surface area contributed by atoms with Crippen molar-refractivity contribution in [1.29, 1.82) is 0 Å². The molecule has 0 N–H and O–H groups in total. The zero-order valence-electron chi connectivity index (χ0n) is 12.0. The Kier molecular flexibility index (Phi) is 5.20. The molecular formula is C16H10F2NO5-. The maximum atomic E-state index is 12.2. The van der Waals surface area contributed by atoms with Crippen LogP contribution in [0.4, 0.5) is 14.5 Å². The predicted molar refractivity (Wildman–Crippen MR) is 79.0 cm³/mol. The number of carbonyl (C=O) groups excluding carboxylic acids is 1. The summed E-state index contributed by atoms with van der Waals surface area (Å²) in [5, 5.41) is 22.0. The van der Waals surface area contributed by atoms with Gasteiger partial charge >= 0.3 is 6.61 Å². The number of hydrogen-bond acceptors (Lipinski definition) is 5. The Balaban J connectivity index is 2.19. The van der Waals surface area contributed by atoms with Crippen LogP contribution in [-0.4, -0.2) is 17.3 Å². The molecule has 0 saturated heterocycles. The minimum Gasteiger partial charge on any atom is -0.868 e. The molecule has 0 spiro atoms. The molecule has 0 aliphatic carbocycles. The van der Waals surface area contributed by atoms with Crippen LogP contribution in [0.3, 0.4) is 0 Å². The number of carbonyl (C=O) groups is 1. The highest BCUT2D eigenvalue weighted by Crippen LogP contribution is 2.24. The van der Waals surface area contributed by atoms with Gasteiger partial charge in [-0.05, 0) is 29.5 Å². The first-order valence-electron chi connectivity index (χ1n) is 6.59. The van der Waals surface area contributed by atoms with Gasteiger partial charge in [-0.25, -0.2) is 0 Å². The van der Waals surface area contributed by atoms with Crippen LogP contribution in [0.25, 0.3) is 6.08 Å². The molecule has 0 fully saturated rings. The van der Waals surface area contributed by atoms with Gasteiger partial charge in [0.2, 0.25) is 0 Å². The second-order valence-electron chi connectivity index (χ2n) is 4.59. The van der Waals surface area contributed by atoms with E-state index in [1.807, 2.05) is 0 Å². The van der Waals surface area contributed by atoms with Crippen LogP contribution < -0.4 is 9.84 Å². The number of nitrogens with zero attached hydrogens (tertiary/aromatic N) is 1. The van der Waals surface area contributed by atoms with Crippen LogP contribution in [0.1, 0.15) is 15.9 Å². The lowest BCUT2D eigenvalue weighted by Crippen LogP contribution is -2.03. The molecule has 24 heavy (non-hydrogen) atoms. The molecule has 0 saturated carbocycles.